The van der Waals surface area contributed by atoms with Crippen LogP contribution in [0.4, 0.5) is 0 Å². The Labute approximate surface area is 406 Å². The number of hydrogen-bond acceptors (Lipinski definition) is 1. The molecule has 0 amide bonds. The number of rotatable bonds is 8. The van der Waals surface area contributed by atoms with Crippen LogP contribution in [0.5, 0.6) is 0 Å². The van der Waals surface area contributed by atoms with Gasteiger partial charge in [-0.05, 0) is 104 Å². The van der Waals surface area contributed by atoms with E-state index in [1.165, 1.54) is 70.0 Å². The van der Waals surface area contributed by atoms with Gasteiger partial charge in [-0.15, -0.1) is 0 Å². The summed E-state index contributed by atoms with van der Waals surface area (Å²) in [4.78, 5) is 0. The molecule has 14 aromatic rings. The highest BCUT2D eigenvalue weighted by atomic mass is 28.3. The number of furan rings is 1. The van der Waals surface area contributed by atoms with E-state index >= 15 is 0 Å². The van der Waals surface area contributed by atoms with E-state index in [9.17, 15) is 0 Å². The lowest BCUT2D eigenvalue weighted by Gasteiger charge is -2.34. The van der Waals surface area contributed by atoms with E-state index in [0.29, 0.717) is 0 Å². The van der Waals surface area contributed by atoms with E-state index in [-0.39, 0.29) is 0 Å². The summed E-state index contributed by atoms with van der Waals surface area (Å²) in [6.45, 7) is 0. The van der Waals surface area contributed by atoms with E-state index in [1.807, 2.05) is 6.07 Å². The summed E-state index contributed by atoms with van der Waals surface area (Å²) in [6, 6.07) is 98.4. The largest absolute Gasteiger partial charge is 0.456 e. The predicted octanol–water partition coefficient (Wildman–Crippen LogP) is 14.5. The monoisotopic (exact) mass is 908 g/mol. The molecule has 0 aliphatic rings. The zero-order valence-electron chi connectivity index (χ0n) is 38.2. The smallest absolute Gasteiger partial charge is 0.179 e. The van der Waals surface area contributed by atoms with Gasteiger partial charge in [0.25, 0.3) is 0 Å². The molecule has 0 fully saturated rings. The molecule has 70 heavy (non-hydrogen) atoms. The lowest BCUT2D eigenvalue weighted by molar-refractivity contribution is 0.669. The van der Waals surface area contributed by atoms with Crippen molar-refractivity contribution in [2.45, 2.75) is 0 Å². The van der Waals surface area contributed by atoms with Gasteiger partial charge in [-0.2, -0.15) is 0 Å². The van der Waals surface area contributed by atoms with Crippen molar-refractivity contribution in [2.75, 3.05) is 0 Å². The van der Waals surface area contributed by atoms with Gasteiger partial charge in [0, 0.05) is 49.3 Å². The van der Waals surface area contributed by atoms with Crippen molar-refractivity contribution in [1.82, 2.24) is 9.13 Å². The Morgan fingerprint density at radius 3 is 1.53 bits per heavy atom. The number of benzene rings is 11. The predicted molar refractivity (Wildman–Crippen MR) is 297 cm³/mol. The molecule has 3 aromatic heterocycles. The Morgan fingerprint density at radius 2 is 0.786 bits per heavy atom. The van der Waals surface area contributed by atoms with Crippen LogP contribution in [0, 0.1) is 0 Å². The van der Waals surface area contributed by atoms with Crippen LogP contribution in [0.1, 0.15) is 0 Å². The second-order valence-electron chi connectivity index (χ2n) is 18.4. The fourth-order valence-corrected chi connectivity index (χ4v) is 16.4. The number of para-hydroxylation sites is 3. The highest BCUT2D eigenvalue weighted by Crippen LogP contribution is 2.43. The molecule has 0 radical (unpaired) electrons. The molecule has 0 N–H and O–H groups in total. The van der Waals surface area contributed by atoms with Crippen molar-refractivity contribution in [3.05, 3.63) is 267 Å². The van der Waals surface area contributed by atoms with Crippen LogP contribution in [-0.2, 0) is 0 Å². The van der Waals surface area contributed by atoms with Gasteiger partial charge in [-0.3, -0.25) is 0 Å². The first kappa shape index (κ1) is 40.1. The second kappa shape index (κ2) is 16.1. The Kier molecular flexibility index (Phi) is 9.23. The summed E-state index contributed by atoms with van der Waals surface area (Å²) in [5.41, 5.74) is 13.5. The minimum absolute atomic E-state index is 0.894. The molecule has 4 heteroatoms. The minimum atomic E-state index is -2.78. The Bertz CT molecular complexity index is 4190. The van der Waals surface area contributed by atoms with Gasteiger partial charge in [0.05, 0.1) is 22.1 Å². The summed E-state index contributed by atoms with van der Waals surface area (Å²) in [5.74, 6) is 0. The maximum atomic E-state index is 6.32. The fraction of sp³-hybridized carbons (Fsp3) is 0. The Hall–Kier alpha value is -8.96. The first-order valence-electron chi connectivity index (χ1n) is 24.1. The number of nitrogens with zero attached hydrogens (tertiary/aromatic N) is 2. The molecule has 11 aromatic carbocycles. The van der Waals surface area contributed by atoms with Crippen LogP contribution in [0.25, 0.3) is 99.2 Å². The molecule has 0 saturated carbocycles. The molecule has 0 bridgehead atoms. The lowest BCUT2D eigenvalue weighted by atomic mass is 9.99. The van der Waals surface area contributed by atoms with E-state index < -0.39 is 8.07 Å². The van der Waals surface area contributed by atoms with Crippen LogP contribution < -0.4 is 20.7 Å². The molecule has 0 saturated heterocycles. The van der Waals surface area contributed by atoms with Crippen molar-refractivity contribution in [3.63, 3.8) is 0 Å². The average Bonchev–Trinajstić information content (AvgIpc) is 4.09. The topological polar surface area (TPSA) is 23.0 Å². The molecule has 328 valence electrons. The van der Waals surface area contributed by atoms with E-state index in [2.05, 4.69) is 270 Å². The zero-order valence-corrected chi connectivity index (χ0v) is 39.2. The SMILES string of the molecule is c1ccc(-c2ccc3c(c2)c2cccc(-c4ccc5oc6ccccc6c5c4)c2n3-c2ccc3c(c2)c2ccccc2n3-c2cccc([Si](c3ccccc3)(c3ccccc3)c3ccccc3)c2)cc1. The van der Waals surface area contributed by atoms with Gasteiger partial charge < -0.3 is 13.6 Å². The highest BCUT2D eigenvalue weighted by Gasteiger charge is 2.41. The zero-order chi connectivity index (χ0) is 46.2. The molecule has 0 spiro atoms. The van der Waals surface area contributed by atoms with Gasteiger partial charge >= 0.3 is 0 Å². The van der Waals surface area contributed by atoms with Gasteiger partial charge in [0.1, 0.15) is 11.2 Å². The van der Waals surface area contributed by atoms with Gasteiger partial charge in [0.15, 0.2) is 8.07 Å². The summed E-state index contributed by atoms with van der Waals surface area (Å²) < 4.78 is 11.3. The van der Waals surface area contributed by atoms with Crippen molar-refractivity contribution in [3.8, 4) is 33.6 Å². The number of fused-ring (bicyclic) bond motifs is 9. The van der Waals surface area contributed by atoms with Crippen LogP contribution in [0.2, 0.25) is 0 Å². The van der Waals surface area contributed by atoms with Gasteiger partial charge in [-0.1, -0.05) is 200 Å². The molecule has 0 atom stereocenters. The first-order valence-corrected chi connectivity index (χ1v) is 26.1. The summed E-state index contributed by atoms with van der Waals surface area (Å²) in [7, 11) is -2.78. The van der Waals surface area contributed by atoms with E-state index in [0.717, 1.165) is 49.9 Å². The normalized spacial score (nSPS) is 12.0. The van der Waals surface area contributed by atoms with Crippen molar-refractivity contribution in [1.29, 1.82) is 0 Å². The number of hydrogen-bond donors (Lipinski definition) is 0. The summed E-state index contributed by atoms with van der Waals surface area (Å²) in [6.07, 6.45) is 0. The average molecular weight is 909 g/mol. The van der Waals surface area contributed by atoms with Crippen molar-refractivity contribution < 1.29 is 4.42 Å². The lowest BCUT2D eigenvalue weighted by Crippen LogP contribution is -2.74. The Morgan fingerprint density at radius 1 is 0.271 bits per heavy atom. The third-order valence-electron chi connectivity index (χ3n) is 14.7. The third-order valence-corrected chi connectivity index (χ3v) is 19.4. The third kappa shape index (κ3) is 6.13. The maximum Gasteiger partial charge on any atom is 0.179 e. The van der Waals surface area contributed by atoms with E-state index in [4.69, 9.17) is 4.42 Å². The van der Waals surface area contributed by atoms with E-state index in [1.54, 1.807) is 0 Å². The Balaban J connectivity index is 1.00. The minimum Gasteiger partial charge on any atom is -0.456 e. The summed E-state index contributed by atoms with van der Waals surface area (Å²) >= 11 is 0. The molecule has 3 nitrogen and oxygen atoms in total. The fourth-order valence-electron chi connectivity index (χ4n) is 11.6. The number of aromatic nitrogens is 2. The standard InChI is InChI=1S/C66H44N2OSi/c1-5-19-45(20-6-1)46-35-38-63-58(41-46)57-32-18-31-54(47-36-40-65-60(42-47)56-30-14-16-34-64(56)69-65)66(57)68(63)49-37-39-62-59(44-49)55-29-13-15-33-61(55)67(62)48-21-17-28-53(43-48)70(50-22-7-2-8-23-50,51-24-9-3-10-25-51)52-26-11-4-12-27-52/h1-44H. The van der Waals surface area contributed by atoms with Crippen LogP contribution in [0.15, 0.2) is 271 Å². The van der Waals surface area contributed by atoms with Gasteiger partial charge in [0.2, 0.25) is 0 Å². The molecule has 0 unspecified atom stereocenters. The second-order valence-corrected chi connectivity index (χ2v) is 22.2. The van der Waals surface area contributed by atoms with Crippen molar-refractivity contribution in [2.24, 2.45) is 0 Å². The molecule has 0 aliphatic carbocycles. The first-order chi connectivity index (χ1) is 34.7. The van der Waals surface area contributed by atoms with Crippen LogP contribution in [0.3, 0.4) is 0 Å². The van der Waals surface area contributed by atoms with Crippen LogP contribution >= 0.6 is 0 Å². The highest BCUT2D eigenvalue weighted by molar-refractivity contribution is 7.19. The maximum absolute atomic E-state index is 6.32. The summed E-state index contributed by atoms with van der Waals surface area (Å²) in [5, 5.41) is 12.5. The van der Waals surface area contributed by atoms with Crippen molar-refractivity contribution >= 4 is 94.4 Å². The molecule has 14 rings (SSSR count). The van der Waals surface area contributed by atoms with Gasteiger partial charge in [-0.25, -0.2) is 0 Å². The molecular weight excluding hydrogens is 865 g/mol. The molecule has 0 aliphatic heterocycles. The molecular formula is C66H44N2OSi. The molecule has 3 heterocycles. The van der Waals surface area contributed by atoms with Crippen LogP contribution in [-0.4, -0.2) is 17.2 Å². The quantitative estimate of drug-likeness (QED) is 0.110.